The molecular formula is C21H27N3O4S. The minimum Gasteiger partial charge on any atom is -0.497 e. The van der Waals surface area contributed by atoms with Gasteiger partial charge in [0.05, 0.1) is 19.1 Å². The fourth-order valence-corrected chi connectivity index (χ4v) is 4.20. The number of amides is 1. The van der Waals surface area contributed by atoms with E-state index in [9.17, 15) is 13.2 Å². The summed E-state index contributed by atoms with van der Waals surface area (Å²) in [7, 11) is -2.12. The third-order valence-electron chi connectivity index (χ3n) is 4.93. The van der Waals surface area contributed by atoms with E-state index in [-0.39, 0.29) is 12.5 Å². The van der Waals surface area contributed by atoms with Gasteiger partial charge in [-0.1, -0.05) is 18.2 Å². The molecule has 8 heteroatoms. The van der Waals surface area contributed by atoms with Gasteiger partial charge in [-0.05, 0) is 42.7 Å². The molecular weight excluding hydrogens is 390 g/mol. The molecule has 0 saturated carbocycles. The van der Waals surface area contributed by atoms with Crippen LogP contribution in [0.25, 0.3) is 0 Å². The van der Waals surface area contributed by atoms with Crippen LogP contribution in [-0.2, 0) is 21.4 Å². The van der Waals surface area contributed by atoms with E-state index in [4.69, 9.17) is 4.74 Å². The van der Waals surface area contributed by atoms with Crippen LogP contribution in [0.5, 0.6) is 5.75 Å². The number of carbonyl (C=O) groups is 1. The van der Waals surface area contributed by atoms with E-state index in [1.54, 1.807) is 24.3 Å². The lowest BCUT2D eigenvalue weighted by atomic mass is 10.2. The summed E-state index contributed by atoms with van der Waals surface area (Å²) in [6, 6.07) is 14.7. The number of anilines is 2. The zero-order valence-electron chi connectivity index (χ0n) is 16.8. The first kappa shape index (κ1) is 21.0. The van der Waals surface area contributed by atoms with Crippen LogP contribution in [0.1, 0.15) is 18.4 Å². The van der Waals surface area contributed by atoms with Crippen LogP contribution in [0.15, 0.2) is 48.5 Å². The Morgan fingerprint density at radius 3 is 2.45 bits per heavy atom. The molecule has 0 aliphatic carbocycles. The zero-order valence-corrected chi connectivity index (χ0v) is 17.6. The van der Waals surface area contributed by atoms with Crippen molar-refractivity contribution in [3.05, 3.63) is 54.1 Å². The molecule has 0 unspecified atom stereocenters. The van der Waals surface area contributed by atoms with Crippen molar-refractivity contribution in [1.29, 1.82) is 0 Å². The van der Waals surface area contributed by atoms with E-state index >= 15 is 0 Å². The molecule has 156 valence electrons. The Labute approximate surface area is 172 Å². The van der Waals surface area contributed by atoms with Gasteiger partial charge in [-0.15, -0.1) is 0 Å². The lowest BCUT2D eigenvalue weighted by molar-refractivity contribution is -0.119. The Balaban J connectivity index is 1.61. The Morgan fingerprint density at radius 1 is 1.14 bits per heavy atom. The zero-order chi connectivity index (χ0) is 20.9. The van der Waals surface area contributed by atoms with Crippen molar-refractivity contribution >= 4 is 27.3 Å². The number of rotatable bonds is 8. The van der Waals surface area contributed by atoms with Crippen LogP contribution < -0.4 is 19.3 Å². The SMILES string of the molecule is COc1cccc(N(CC(=O)NCc2ccc(N3CCCC3)cc2)S(C)(=O)=O)c1. The monoisotopic (exact) mass is 417 g/mol. The summed E-state index contributed by atoms with van der Waals surface area (Å²) in [5.41, 5.74) is 2.55. The number of carbonyl (C=O) groups excluding carboxylic acids is 1. The smallest absolute Gasteiger partial charge is 0.241 e. The molecule has 1 saturated heterocycles. The molecule has 7 nitrogen and oxygen atoms in total. The van der Waals surface area contributed by atoms with E-state index < -0.39 is 10.0 Å². The summed E-state index contributed by atoms with van der Waals surface area (Å²) in [4.78, 5) is 14.8. The molecule has 1 N–H and O–H groups in total. The Morgan fingerprint density at radius 2 is 1.83 bits per heavy atom. The number of nitrogens with zero attached hydrogens (tertiary/aromatic N) is 2. The fraction of sp³-hybridized carbons (Fsp3) is 0.381. The normalized spacial score (nSPS) is 13.9. The maximum atomic E-state index is 12.4. The lowest BCUT2D eigenvalue weighted by Crippen LogP contribution is -2.40. The fourth-order valence-electron chi connectivity index (χ4n) is 3.35. The van der Waals surface area contributed by atoms with Crippen LogP contribution in [-0.4, -0.2) is 47.3 Å². The second kappa shape index (κ2) is 9.17. The summed E-state index contributed by atoms with van der Waals surface area (Å²) in [5.74, 6) is 0.150. The Bertz CT molecular complexity index is 939. The van der Waals surface area contributed by atoms with Gasteiger partial charge in [0.15, 0.2) is 0 Å². The van der Waals surface area contributed by atoms with Gasteiger partial charge in [-0.25, -0.2) is 8.42 Å². The molecule has 1 aliphatic rings. The molecule has 2 aromatic carbocycles. The van der Waals surface area contributed by atoms with Crippen LogP contribution in [0.4, 0.5) is 11.4 Å². The first-order valence-corrected chi connectivity index (χ1v) is 11.4. The van der Waals surface area contributed by atoms with Crippen molar-refractivity contribution in [3.63, 3.8) is 0 Å². The van der Waals surface area contributed by atoms with Crippen molar-refractivity contribution in [2.24, 2.45) is 0 Å². The first-order valence-electron chi connectivity index (χ1n) is 9.59. The largest absolute Gasteiger partial charge is 0.497 e. The van der Waals surface area contributed by atoms with Crippen molar-refractivity contribution in [2.45, 2.75) is 19.4 Å². The molecule has 1 fully saturated rings. The highest BCUT2D eigenvalue weighted by Gasteiger charge is 2.21. The molecule has 1 amide bonds. The van der Waals surface area contributed by atoms with Crippen molar-refractivity contribution in [1.82, 2.24) is 5.32 Å². The minimum atomic E-state index is -3.62. The highest BCUT2D eigenvalue weighted by Crippen LogP contribution is 2.23. The number of ether oxygens (including phenoxy) is 1. The number of hydrogen-bond donors (Lipinski definition) is 1. The van der Waals surface area contributed by atoms with Crippen molar-refractivity contribution in [2.75, 3.05) is 42.2 Å². The third-order valence-corrected chi connectivity index (χ3v) is 6.07. The van der Waals surface area contributed by atoms with Gasteiger partial charge in [0.25, 0.3) is 0 Å². The van der Waals surface area contributed by atoms with E-state index in [0.29, 0.717) is 18.0 Å². The van der Waals surface area contributed by atoms with Gasteiger partial charge in [0, 0.05) is 31.4 Å². The molecule has 0 radical (unpaired) electrons. The summed E-state index contributed by atoms with van der Waals surface area (Å²) < 4.78 is 30.6. The van der Waals surface area contributed by atoms with Crippen molar-refractivity contribution < 1.29 is 17.9 Å². The quantitative estimate of drug-likeness (QED) is 0.713. The average Bonchev–Trinajstić information content (AvgIpc) is 3.25. The highest BCUT2D eigenvalue weighted by molar-refractivity contribution is 7.92. The Hall–Kier alpha value is -2.74. The number of benzene rings is 2. The second-order valence-electron chi connectivity index (χ2n) is 7.11. The predicted molar refractivity (Wildman–Crippen MR) is 115 cm³/mol. The van der Waals surface area contributed by atoms with Gasteiger partial charge in [-0.3, -0.25) is 9.10 Å². The van der Waals surface area contributed by atoms with E-state index in [1.165, 1.54) is 25.6 Å². The standard InChI is InChI=1S/C21H27N3O4S/c1-28-20-7-5-6-19(14-20)24(29(2,26)27)16-21(25)22-15-17-8-10-18(11-9-17)23-12-3-4-13-23/h5-11,14H,3-4,12-13,15-16H2,1-2H3,(H,22,25). The van der Waals surface area contributed by atoms with Crippen LogP contribution in [0, 0.1) is 0 Å². The van der Waals surface area contributed by atoms with Gasteiger partial charge < -0.3 is 15.0 Å². The maximum Gasteiger partial charge on any atom is 0.241 e. The Kier molecular flexibility index (Phi) is 6.64. The third kappa shape index (κ3) is 5.63. The molecule has 0 aromatic heterocycles. The first-order chi connectivity index (χ1) is 13.9. The molecule has 1 heterocycles. The van der Waals surface area contributed by atoms with E-state index in [0.717, 1.165) is 29.2 Å². The average molecular weight is 418 g/mol. The maximum absolute atomic E-state index is 12.4. The number of methoxy groups -OCH3 is 1. The van der Waals surface area contributed by atoms with Crippen LogP contribution in [0.3, 0.4) is 0 Å². The van der Waals surface area contributed by atoms with Crippen LogP contribution >= 0.6 is 0 Å². The molecule has 0 atom stereocenters. The molecule has 0 bridgehead atoms. The van der Waals surface area contributed by atoms with Crippen molar-refractivity contribution in [3.8, 4) is 5.75 Å². The molecule has 3 rings (SSSR count). The molecule has 1 aliphatic heterocycles. The van der Waals surface area contributed by atoms with E-state index in [1.807, 2.05) is 12.1 Å². The summed E-state index contributed by atoms with van der Waals surface area (Å²) in [6.07, 6.45) is 3.53. The lowest BCUT2D eigenvalue weighted by Gasteiger charge is -2.22. The summed E-state index contributed by atoms with van der Waals surface area (Å²) in [5, 5.41) is 2.80. The molecule has 29 heavy (non-hydrogen) atoms. The number of sulfonamides is 1. The minimum absolute atomic E-state index is 0.294. The number of hydrogen-bond acceptors (Lipinski definition) is 5. The summed E-state index contributed by atoms with van der Waals surface area (Å²) in [6.45, 7) is 2.22. The van der Waals surface area contributed by atoms with Gasteiger partial charge in [0.1, 0.15) is 12.3 Å². The summed E-state index contributed by atoms with van der Waals surface area (Å²) >= 11 is 0. The molecule has 2 aromatic rings. The highest BCUT2D eigenvalue weighted by atomic mass is 32.2. The number of nitrogens with one attached hydrogen (secondary N) is 1. The molecule has 0 spiro atoms. The second-order valence-corrected chi connectivity index (χ2v) is 9.02. The van der Waals surface area contributed by atoms with Gasteiger partial charge in [-0.2, -0.15) is 0 Å². The van der Waals surface area contributed by atoms with E-state index in [2.05, 4.69) is 22.3 Å². The van der Waals surface area contributed by atoms with Gasteiger partial charge in [0.2, 0.25) is 15.9 Å². The van der Waals surface area contributed by atoms with Gasteiger partial charge >= 0.3 is 0 Å². The predicted octanol–water partition coefficient (Wildman–Crippen LogP) is 2.38. The topological polar surface area (TPSA) is 79.0 Å². The van der Waals surface area contributed by atoms with Crippen LogP contribution in [0.2, 0.25) is 0 Å².